The Morgan fingerprint density at radius 1 is 1.14 bits per heavy atom. The Morgan fingerprint density at radius 2 is 1.90 bits per heavy atom. The molecule has 0 spiro atoms. The molecule has 1 heterocycles. The maximum absolute atomic E-state index is 3.49. The molecule has 4 rings (SSSR count). The Balaban J connectivity index is 1.78. The van der Waals surface area contributed by atoms with Gasteiger partial charge in [0.2, 0.25) is 0 Å². The normalized spacial score (nSPS) is 31.9. The largest absolute Gasteiger partial charge is 0.361 e. The van der Waals surface area contributed by atoms with Crippen LogP contribution in [-0.4, -0.2) is 29.0 Å². The number of rotatable bonds is 3. The average molecular weight is 282 g/mol. The SMILES string of the molecule is CC(C)N(C)[C@@H]1[C@H]2CC[C@H](C2)[C@H]1c1c[nH]c2ccccc12. The lowest BCUT2D eigenvalue weighted by Gasteiger charge is -2.40. The van der Waals surface area contributed by atoms with Crippen LogP contribution >= 0.6 is 0 Å². The first-order valence-electron chi connectivity index (χ1n) is 8.44. The zero-order chi connectivity index (χ0) is 14.6. The van der Waals surface area contributed by atoms with Gasteiger partial charge in [0.1, 0.15) is 0 Å². The predicted molar refractivity (Wildman–Crippen MR) is 88.6 cm³/mol. The van der Waals surface area contributed by atoms with Gasteiger partial charge in [-0.05, 0) is 63.6 Å². The van der Waals surface area contributed by atoms with E-state index < -0.39 is 0 Å². The highest BCUT2D eigenvalue weighted by molar-refractivity contribution is 5.83. The van der Waals surface area contributed by atoms with Crippen LogP contribution in [0.3, 0.4) is 0 Å². The summed E-state index contributed by atoms with van der Waals surface area (Å²) < 4.78 is 0. The van der Waals surface area contributed by atoms with Gasteiger partial charge in [-0.1, -0.05) is 18.2 Å². The number of fused-ring (bicyclic) bond motifs is 3. The molecule has 1 N–H and O–H groups in total. The van der Waals surface area contributed by atoms with Gasteiger partial charge < -0.3 is 9.88 Å². The third-order valence-corrected chi connectivity index (χ3v) is 6.14. The van der Waals surface area contributed by atoms with Crippen LogP contribution in [-0.2, 0) is 0 Å². The molecule has 1 aromatic heterocycles. The van der Waals surface area contributed by atoms with Gasteiger partial charge in [-0.2, -0.15) is 0 Å². The highest BCUT2D eigenvalue weighted by atomic mass is 15.2. The molecule has 2 aromatic rings. The molecule has 1 aromatic carbocycles. The van der Waals surface area contributed by atoms with E-state index in [0.717, 1.165) is 17.9 Å². The van der Waals surface area contributed by atoms with E-state index in [1.54, 1.807) is 5.56 Å². The summed E-state index contributed by atoms with van der Waals surface area (Å²) in [5.41, 5.74) is 2.86. The van der Waals surface area contributed by atoms with Crippen molar-refractivity contribution in [3.8, 4) is 0 Å². The van der Waals surface area contributed by atoms with Gasteiger partial charge in [-0.15, -0.1) is 0 Å². The molecule has 4 atom stereocenters. The Kier molecular flexibility index (Phi) is 3.11. The van der Waals surface area contributed by atoms with Crippen LogP contribution in [0.4, 0.5) is 0 Å². The summed E-state index contributed by atoms with van der Waals surface area (Å²) in [5.74, 6) is 2.51. The fourth-order valence-corrected chi connectivity index (χ4v) is 5.00. The van der Waals surface area contributed by atoms with Crippen LogP contribution in [0.15, 0.2) is 30.5 Å². The molecule has 0 amide bonds. The number of likely N-dealkylation sites (N-methyl/N-ethyl adjacent to an activating group) is 1. The maximum Gasteiger partial charge on any atom is 0.0456 e. The molecule has 2 aliphatic carbocycles. The molecule has 2 aliphatic rings. The van der Waals surface area contributed by atoms with Crippen molar-refractivity contribution in [2.24, 2.45) is 11.8 Å². The van der Waals surface area contributed by atoms with Crippen LogP contribution in [0.2, 0.25) is 0 Å². The number of aromatic amines is 1. The van der Waals surface area contributed by atoms with E-state index in [9.17, 15) is 0 Å². The van der Waals surface area contributed by atoms with Crippen LogP contribution in [0.5, 0.6) is 0 Å². The van der Waals surface area contributed by atoms with E-state index >= 15 is 0 Å². The Bertz CT molecular complexity index is 642. The van der Waals surface area contributed by atoms with Gasteiger partial charge in [0.25, 0.3) is 0 Å². The summed E-state index contributed by atoms with van der Waals surface area (Å²) in [4.78, 5) is 6.13. The van der Waals surface area contributed by atoms with Gasteiger partial charge in [0.15, 0.2) is 0 Å². The predicted octanol–water partition coefficient (Wildman–Crippen LogP) is 4.39. The minimum atomic E-state index is 0.627. The molecule has 0 aliphatic heterocycles. The Morgan fingerprint density at radius 3 is 2.71 bits per heavy atom. The molecular formula is C19H26N2. The van der Waals surface area contributed by atoms with Gasteiger partial charge in [-0.25, -0.2) is 0 Å². The van der Waals surface area contributed by atoms with Gasteiger partial charge in [0.05, 0.1) is 0 Å². The highest BCUT2D eigenvalue weighted by Gasteiger charge is 2.50. The number of benzene rings is 1. The number of H-pyrrole nitrogens is 1. The van der Waals surface area contributed by atoms with Crippen molar-refractivity contribution in [2.45, 2.75) is 51.1 Å². The number of hydrogen-bond donors (Lipinski definition) is 1. The lowest BCUT2D eigenvalue weighted by Crippen LogP contribution is -2.44. The van der Waals surface area contributed by atoms with E-state index in [0.29, 0.717) is 12.0 Å². The second-order valence-corrected chi connectivity index (χ2v) is 7.40. The quantitative estimate of drug-likeness (QED) is 0.884. The summed E-state index contributed by atoms with van der Waals surface area (Å²) >= 11 is 0. The van der Waals surface area contributed by atoms with Gasteiger partial charge in [-0.3, -0.25) is 0 Å². The monoisotopic (exact) mass is 282 g/mol. The molecule has 2 nitrogen and oxygen atoms in total. The molecule has 21 heavy (non-hydrogen) atoms. The number of nitrogens with zero attached hydrogens (tertiary/aromatic N) is 1. The lowest BCUT2D eigenvalue weighted by atomic mass is 9.78. The summed E-state index contributed by atoms with van der Waals surface area (Å²) in [7, 11) is 2.33. The first-order chi connectivity index (χ1) is 10.2. The molecule has 2 heteroatoms. The number of para-hydroxylation sites is 1. The Hall–Kier alpha value is -1.28. The maximum atomic E-state index is 3.49. The van der Waals surface area contributed by atoms with Crippen molar-refractivity contribution >= 4 is 10.9 Å². The van der Waals surface area contributed by atoms with Crippen LogP contribution in [0, 0.1) is 11.8 Å². The zero-order valence-electron chi connectivity index (χ0n) is 13.3. The lowest BCUT2D eigenvalue weighted by molar-refractivity contribution is 0.123. The molecule has 2 saturated carbocycles. The first kappa shape index (κ1) is 13.4. The third kappa shape index (κ3) is 1.96. The summed E-state index contributed by atoms with van der Waals surface area (Å²) in [6.07, 6.45) is 6.59. The minimum Gasteiger partial charge on any atom is -0.361 e. The number of hydrogen-bond acceptors (Lipinski definition) is 1. The van der Waals surface area contributed by atoms with Crippen molar-refractivity contribution in [3.05, 3.63) is 36.0 Å². The van der Waals surface area contributed by atoms with Crippen molar-refractivity contribution < 1.29 is 0 Å². The standard InChI is InChI=1S/C19H26N2/c1-12(2)21(3)19-14-9-8-13(10-14)18(19)16-11-20-17-7-5-4-6-15(16)17/h4-7,11-14,18-20H,8-10H2,1-3H3/t13-,14+,18+,19-/m1/s1. The van der Waals surface area contributed by atoms with Crippen molar-refractivity contribution in [1.82, 2.24) is 9.88 Å². The van der Waals surface area contributed by atoms with Crippen molar-refractivity contribution in [3.63, 3.8) is 0 Å². The zero-order valence-corrected chi connectivity index (χ0v) is 13.3. The first-order valence-corrected chi connectivity index (χ1v) is 8.44. The third-order valence-electron chi connectivity index (χ3n) is 6.14. The molecular weight excluding hydrogens is 256 g/mol. The van der Waals surface area contributed by atoms with E-state index in [1.165, 1.54) is 30.2 Å². The second-order valence-electron chi connectivity index (χ2n) is 7.40. The Labute approximate surface area is 127 Å². The molecule has 2 fully saturated rings. The smallest absolute Gasteiger partial charge is 0.0456 e. The summed E-state index contributed by atoms with van der Waals surface area (Å²) in [6.45, 7) is 4.66. The fraction of sp³-hybridized carbons (Fsp3) is 0.579. The molecule has 0 saturated heterocycles. The van der Waals surface area contributed by atoms with Crippen molar-refractivity contribution in [1.29, 1.82) is 0 Å². The van der Waals surface area contributed by atoms with Gasteiger partial charge >= 0.3 is 0 Å². The topological polar surface area (TPSA) is 19.0 Å². The minimum absolute atomic E-state index is 0.627. The van der Waals surface area contributed by atoms with E-state index in [-0.39, 0.29) is 0 Å². The molecule has 112 valence electrons. The van der Waals surface area contributed by atoms with Crippen LogP contribution < -0.4 is 0 Å². The number of nitrogens with one attached hydrogen (secondary N) is 1. The fourth-order valence-electron chi connectivity index (χ4n) is 5.00. The molecule has 0 radical (unpaired) electrons. The van der Waals surface area contributed by atoms with E-state index in [4.69, 9.17) is 0 Å². The highest BCUT2D eigenvalue weighted by Crippen LogP contribution is 2.55. The molecule has 0 unspecified atom stereocenters. The van der Waals surface area contributed by atoms with E-state index in [1.807, 2.05) is 0 Å². The van der Waals surface area contributed by atoms with Crippen molar-refractivity contribution in [2.75, 3.05) is 7.05 Å². The number of aromatic nitrogens is 1. The summed E-state index contributed by atoms with van der Waals surface area (Å²) in [6, 6.07) is 10.1. The van der Waals surface area contributed by atoms with Crippen LogP contribution in [0.1, 0.15) is 44.6 Å². The van der Waals surface area contributed by atoms with Crippen LogP contribution in [0.25, 0.3) is 10.9 Å². The average Bonchev–Trinajstić information content (AvgIpc) is 3.19. The van der Waals surface area contributed by atoms with E-state index in [2.05, 4.69) is 61.2 Å². The summed E-state index contributed by atoms with van der Waals surface area (Å²) in [5, 5.41) is 1.44. The molecule has 2 bridgehead atoms. The second kappa shape index (κ2) is 4.88. The van der Waals surface area contributed by atoms with Gasteiger partial charge in [0, 0.05) is 35.1 Å².